The number of hydrogen-bond donors (Lipinski definition) is 1. The number of allylic oxidation sites excluding steroid dienone is 1. The van der Waals surface area contributed by atoms with Crippen molar-refractivity contribution >= 4 is 23.3 Å². The number of para-hydroxylation sites is 1. The van der Waals surface area contributed by atoms with Crippen molar-refractivity contribution in [3.8, 4) is 5.75 Å². The van der Waals surface area contributed by atoms with Gasteiger partial charge in [-0.25, -0.2) is 0 Å². The summed E-state index contributed by atoms with van der Waals surface area (Å²) in [4.78, 5) is 12.8. The van der Waals surface area contributed by atoms with Crippen LogP contribution in [0.3, 0.4) is 0 Å². The van der Waals surface area contributed by atoms with Crippen molar-refractivity contribution in [2.24, 2.45) is 0 Å². The lowest BCUT2D eigenvalue weighted by Crippen LogP contribution is -2.31. The van der Waals surface area contributed by atoms with Crippen molar-refractivity contribution in [1.82, 2.24) is 5.32 Å². The first kappa shape index (κ1) is 17.3. The third-order valence-corrected chi connectivity index (χ3v) is 4.50. The number of ether oxygens (including phenoxy) is 1. The van der Waals surface area contributed by atoms with E-state index in [4.69, 9.17) is 4.74 Å². The smallest absolute Gasteiger partial charge is 0.261 e. The molecule has 0 saturated heterocycles. The van der Waals surface area contributed by atoms with Crippen LogP contribution in [0, 0.1) is 0 Å². The van der Waals surface area contributed by atoms with Gasteiger partial charge in [-0.15, -0.1) is 11.3 Å². The molecule has 1 atom stereocenters. The molecule has 23 heavy (non-hydrogen) atoms. The van der Waals surface area contributed by atoms with Crippen LogP contribution in [0.5, 0.6) is 5.75 Å². The molecule has 1 unspecified atom stereocenters. The number of nitrogens with one attached hydrogen (secondary N) is 1. The quantitative estimate of drug-likeness (QED) is 0.785. The summed E-state index contributed by atoms with van der Waals surface area (Å²) in [6, 6.07) is 10.0. The third-order valence-electron chi connectivity index (χ3n) is 3.53. The van der Waals surface area contributed by atoms with Gasteiger partial charge in [-0.2, -0.15) is 0 Å². The van der Waals surface area contributed by atoms with Gasteiger partial charge in [-0.1, -0.05) is 37.3 Å². The van der Waals surface area contributed by atoms with Crippen molar-refractivity contribution in [3.63, 3.8) is 0 Å². The van der Waals surface area contributed by atoms with E-state index in [-0.39, 0.29) is 11.9 Å². The maximum Gasteiger partial charge on any atom is 0.261 e. The predicted molar refractivity (Wildman–Crippen MR) is 97.0 cm³/mol. The van der Waals surface area contributed by atoms with E-state index in [0.717, 1.165) is 28.2 Å². The topological polar surface area (TPSA) is 38.3 Å². The fourth-order valence-electron chi connectivity index (χ4n) is 2.06. The average molecular weight is 329 g/mol. The van der Waals surface area contributed by atoms with Gasteiger partial charge in [0.1, 0.15) is 12.4 Å². The van der Waals surface area contributed by atoms with Gasteiger partial charge in [-0.05, 0) is 37.8 Å². The highest BCUT2D eigenvalue weighted by atomic mass is 32.1. The molecule has 3 nitrogen and oxygen atoms in total. The van der Waals surface area contributed by atoms with Crippen LogP contribution in [-0.2, 0) is 6.61 Å². The van der Waals surface area contributed by atoms with E-state index in [1.807, 2.05) is 61.7 Å². The molecule has 0 aliphatic carbocycles. The van der Waals surface area contributed by atoms with Gasteiger partial charge in [0.2, 0.25) is 0 Å². The molecule has 1 amide bonds. The summed E-state index contributed by atoms with van der Waals surface area (Å²) in [5.41, 5.74) is 2.07. The molecule has 1 heterocycles. The molecular weight excluding hydrogens is 306 g/mol. The molecule has 0 aliphatic heterocycles. The number of amides is 1. The molecule has 2 rings (SSSR count). The molecule has 2 aromatic rings. The maximum atomic E-state index is 12.1. The Labute approximate surface area is 142 Å². The first-order valence-electron chi connectivity index (χ1n) is 7.86. The minimum absolute atomic E-state index is 0.00934. The van der Waals surface area contributed by atoms with Gasteiger partial charge in [0, 0.05) is 17.2 Å². The molecule has 0 saturated carbocycles. The highest BCUT2D eigenvalue weighted by molar-refractivity contribution is 7.12. The van der Waals surface area contributed by atoms with E-state index in [1.165, 1.54) is 11.3 Å². The summed E-state index contributed by atoms with van der Waals surface area (Å²) in [6.07, 6.45) is 4.94. The molecule has 0 fully saturated rings. The van der Waals surface area contributed by atoms with E-state index >= 15 is 0 Å². The summed E-state index contributed by atoms with van der Waals surface area (Å²) in [6.45, 7) is 6.51. The SMILES string of the molecule is C/C=C/c1ccccc1OCc1csc(C(=O)NC(C)CC)c1. The highest BCUT2D eigenvalue weighted by Crippen LogP contribution is 2.22. The Morgan fingerprint density at radius 2 is 2.17 bits per heavy atom. The molecule has 0 radical (unpaired) electrons. The van der Waals surface area contributed by atoms with Crippen LogP contribution in [0.1, 0.15) is 48.0 Å². The molecule has 1 N–H and O–H groups in total. The second-order valence-corrected chi connectivity index (χ2v) is 6.34. The van der Waals surface area contributed by atoms with Gasteiger partial charge in [0.15, 0.2) is 0 Å². The van der Waals surface area contributed by atoms with E-state index in [0.29, 0.717) is 6.61 Å². The third kappa shape index (κ3) is 4.96. The highest BCUT2D eigenvalue weighted by Gasteiger charge is 2.11. The zero-order valence-electron chi connectivity index (χ0n) is 13.8. The van der Waals surface area contributed by atoms with Crippen LogP contribution >= 0.6 is 11.3 Å². The first-order valence-corrected chi connectivity index (χ1v) is 8.74. The Hall–Kier alpha value is -2.07. The maximum absolute atomic E-state index is 12.1. The van der Waals surface area contributed by atoms with Crippen LogP contribution in [0.2, 0.25) is 0 Å². The van der Waals surface area contributed by atoms with E-state index < -0.39 is 0 Å². The van der Waals surface area contributed by atoms with Crippen LogP contribution in [-0.4, -0.2) is 11.9 Å². The summed E-state index contributed by atoms with van der Waals surface area (Å²) >= 11 is 1.45. The zero-order valence-corrected chi connectivity index (χ0v) is 14.7. The van der Waals surface area contributed by atoms with Crippen LogP contribution in [0.25, 0.3) is 6.08 Å². The van der Waals surface area contributed by atoms with Gasteiger partial charge in [0.25, 0.3) is 5.91 Å². The van der Waals surface area contributed by atoms with Gasteiger partial charge < -0.3 is 10.1 Å². The minimum atomic E-state index is -0.00934. The lowest BCUT2D eigenvalue weighted by atomic mass is 10.2. The lowest BCUT2D eigenvalue weighted by molar-refractivity contribution is 0.0943. The number of benzene rings is 1. The lowest BCUT2D eigenvalue weighted by Gasteiger charge is -2.09. The molecule has 1 aromatic heterocycles. The van der Waals surface area contributed by atoms with Gasteiger partial charge in [-0.3, -0.25) is 4.79 Å². The predicted octanol–water partition coefficient (Wildman–Crippen LogP) is 4.89. The molecule has 0 spiro atoms. The number of rotatable bonds is 7. The standard InChI is InChI=1S/C19H23NO2S/c1-4-8-16-9-6-7-10-17(16)22-12-15-11-18(23-13-15)19(21)20-14(3)5-2/h4,6-11,13-14H,5,12H2,1-3H3,(H,20,21)/b8-4+. The Balaban J connectivity index is 1.99. The molecule has 0 aliphatic rings. The van der Waals surface area contributed by atoms with E-state index in [2.05, 4.69) is 12.2 Å². The molecule has 1 aromatic carbocycles. The van der Waals surface area contributed by atoms with Gasteiger partial charge in [0.05, 0.1) is 4.88 Å². The largest absolute Gasteiger partial charge is 0.488 e. The van der Waals surface area contributed by atoms with E-state index in [1.54, 1.807) is 0 Å². The Kier molecular flexibility index (Phi) is 6.41. The fourth-order valence-corrected chi connectivity index (χ4v) is 2.86. The second kappa shape index (κ2) is 8.53. The van der Waals surface area contributed by atoms with Crippen LogP contribution < -0.4 is 10.1 Å². The molecule has 4 heteroatoms. The first-order chi connectivity index (χ1) is 11.1. The normalized spacial score (nSPS) is 12.3. The van der Waals surface area contributed by atoms with Crippen LogP contribution in [0.15, 0.2) is 41.8 Å². The Morgan fingerprint density at radius 1 is 1.39 bits per heavy atom. The summed E-state index contributed by atoms with van der Waals surface area (Å²) in [7, 11) is 0. The number of carbonyl (C=O) groups is 1. The number of hydrogen-bond acceptors (Lipinski definition) is 3. The molecule has 122 valence electrons. The van der Waals surface area contributed by atoms with Crippen molar-refractivity contribution in [2.75, 3.05) is 0 Å². The van der Waals surface area contributed by atoms with Crippen LogP contribution in [0.4, 0.5) is 0 Å². The van der Waals surface area contributed by atoms with Crippen molar-refractivity contribution < 1.29 is 9.53 Å². The fraction of sp³-hybridized carbons (Fsp3) is 0.316. The minimum Gasteiger partial charge on any atom is -0.488 e. The monoisotopic (exact) mass is 329 g/mol. The number of thiophene rings is 1. The Bertz CT molecular complexity index is 676. The summed E-state index contributed by atoms with van der Waals surface area (Å²) in [5.74, 6) is 0.840. The molecular formula is C19H23NO2S. The van der Waals surface area contributed by atoms with Crippen molar-refractivity contribution in [1.29, 1.82) is 0 Å². The number of carbonyl (C=O) groups excluding carboxylic acids is 1. The Morgan fingerprint density at radius 3 is 2.91 bits per heavy atom. The van der Waals surface area contributed by atoms with E-state index in [9.17, 15) is 4.79 Å². The zero-order chi connectivity index (χ0) is 16.7. The summed E-state index contributed by atoms with van der Waals surface area (Å²) in [5, 5.41) is 4.96. The van der Waals surface area contributed by atoms with Crippen molar-refractivity contribution in [3.05, 3.63) is 57.8 Å². The van der Waals surface area contributed by atoms with Gasteiger partial charge >= 0.3 is 0 Å². The second-order valence-electron chi connectivity index (χ2n) is 5.43. The summed E-state index contributed by atoms with van der Waals surface area (Å²) < 4.78 is 5.89. The molecule has 0 bridgehead atoms. The average Bonchev–Trinajstić information content (AvgIpc) is 3.03. The van der Waals surface area contributed by atoms with Crippen molar-refractivity contribution in [2.45, 2.75) is 39.8 Å².